The molecule has 0 aliphatic carbocycles. The van der Waals surface area contributed by atoms with Crippen molar-refractivity contribution in [2.75, 3.05) is 5.32 Å². The average molecular weight is 330 g/mol. The number of benzene rings is 2. The van der Waals surface area contributed by atoms with Gasteiger partial charge in [0.15, 0.2) is 11.9 Å². The molecule has 1 unspecified atom stereocenters. The first-order chi connectivity index (χ1) is 12.0. The Morgan fingerprint density at radius 2 is 1.60 bits per heavy atom. The lowest BCUT2D eigenvalue weighted by Gasteiger charge is -2.23. The van der Waals surface area contributed by atoms with Crippen LogP contribution in [-0.2, 0) is 0 Å². The highest BCUT2D eigenvalue weighted by molar-refractivity contribution is 6.38. The molecule has 2 aliphatic heterocycles. The number of hydrogen-bond donors (Lipinski definition) is 1. The number of guanidine groups is 1. The van der Waals surface area contributed by atoms with Crippen molar-refractivity contribution in [2.45, 2.75) is 20.8 Å². The van der Waals surface area contributed by atoms with Crippen molar-refractivity contribution in [1.82, 2.24) is 4.59 Å². The third kappa shape index (κ3) is 2.79. The third-order valence-corrected chi connectivity index (χ3v) is 4.29. The van der Waals surface area contributed by atoms with E-state index >= 15 is 0 Å². The maximum atomic E-state index is 4.86. The van der Waals surface area contributed by atoms with E-state index in [-0.39, 0.29) is 4.59 Å². The van der Waals surface area contributed by atoms with E-state index in [4.69, 9.17) is 5.10 Å². The number of amidine groups is 1. The molecule has 5 heteroatoms. The number of fused-ring (bicyclic) bond motifs is 1. The van der Waals surface area contributed by atoms with Crippen LogP contribution in [0.1, 0.15) is 16.7 Å². The summed E-state index contributed by atoms with van der Waals surface area (Å²) in [4.78, 5) is 8.89. The van der Waals surface area contributed by atoms with Crippen LogP contribution in [0.3, 0.4) is 0 Å². The van der Waals surface area contributed by atoms with Crippen molar-refractivity contribution in [3.63, 3.8) is 0 Å². The van der Waals surface area contributed by atoms with Crippen molar-refractivity contribution in [1.29, 1.82) is 0 Å². The van der Waals surface area contributed by atoms with Crippen LogP contribution >= 0.6 is 0 Å². The number of aliphatic imine (C=N–C) groups is 2. The fraction of sp³-hybridized carbons (Fsp3) is 0.150. The zero-order valence-corrected chi connectivity index (χ0v) is 14.6. The summed E-state index contributed by atoms with van der Waals surface area (Å²) in [6, 6.07) is 14.7. The van der Waals surface area contributed by atoms with E-state index in [0.29, 0.717) is 5.96 Å². The van der Waals surface area contributed by atoms with Crippen molar-refractivity contribution in [2.24, 2.45) is 15.1 Å². The minimum atomic E-state index is 0.205. The molecule has 0 amide bonds. The molecular weight excluding hydrogens is 310 g/mol. The van der Waals surface area contributed by atoms with Crippen molar-refractivity contribution >= 4 is 29.4 Å². The van der Waals surface area contributed by atoms with Gasteiger partial charge in [-0.15, -0.1) is 0 Å². The quantitative estimate of drug-likeness (QED) is 0.821. The highest BCUT2D eigenvalue weighted by atomic mass is 15.7. The lowest BCUT2D eigenvalue weighted by molar-refractivity contribution is 0.592. The number of quaternary nitrogens is 1. The summed E-state index contributed by atoms with van der Waals surface area (Å²) < 4.78 is 0.205. The Hall–Kier alpha value is -3.05. The van der Waals surface area contributed by atoms with E-state index in [1.807, 2.05) is 6.20 Å². The Balaban J connectivity index is 1.74. The highest BCUT2D eigenvalue weighted by Gasteiger charge is 2.42. The van der Waals surface area contributed by atoms with Crippen LogP contribution in [0.25, 0.3) is 0 Å². The van der Waals surface area contributed by atoms with E-state index in [9.17, 15) is 0 Å². The van der Waals surface area contributed by atoms with E-state index in [1.165, 1.54) is 16.7 Å². The summed E-state index contributed by atoms with van der Waals surface area (Å²) in [6.45, 7) is 6.24. The van der Waals surface area contributed by atoms with E-state index in [2.05, 4.69) is 78.5 Å². The lowest BCUT2D eigenvalue weighted by Crippen LogP contribution is -2.44. The molecule has 4 rings (SSSR count). The van der Waals surface area contributed by atoms with Gasteiger partial charge in [-0.1, -0.05) is 28.4 Å². The van der Waals surface area contributed by atoms with Gasteiger partial charge >= 0.3 is 0 Å². The van der Waals surface area contributed by atoms with Crippen molar-refractivity contribution < 1.29 is 0 Å². The molecule has 0 fully saturated rings. The molecule has 0 aromatic heterocycles. The van der Waals surface area contributed by atoms with Crippen molar-refractivity contribution in [3.05, 3.63) is 71.6 Å². The molecule has 2 aromatic carbocycles. The zero-order valence-electron chi connectivity index (χ0n) is 14.6. The first-order valence-corrected chi connectivity index (χ1v) is 8.27. The first-order valence-electron chi connectivity index (χ1n) is 8.27. The molecule has 124 valence electrons. The smallest absolute Gasteiger partial charge is 0.287 e. The van der Waals surface area contributed by atoms with E-state index in [1.54, 1.807) is 12.4 Å². The van der Waals surface area contributed by atoms with Gasteiger partial charge in [-0.05, 0) is 49.1 Å². The van der Waals surface area contributed by atoms with E-state index < -0.39 is 0 Å². The van der Waals surface area contributed by atoms with Gasteiger partial charge in [-0.25, -0.2) is 0 Å². The normalized spacial score (nSPS) is 20.9. The molecule has 25 heavy (non-hydrogen) atoms. The SMILES string of the molecule is Cc1ccc([N+]23C=CN=CC2=NC(Nc2cc(C)cc(C)c2)=N3)cc1. The van der Waals surface area contributed by atoms with Crippen LogP contribution in [0, 0.1) is 20.8 Å². The average Bonchev–Trinajstić information content (AvgIpc) is 2.93. The maximum absolute atomic E-state index is 4.86. The van der Waals surface area contributed by atoms with Gasteiger partial charge in [0.05, 0.1) is 6.20 Å². The summed E-state index contributed by atoms with van der Waals surface area (Å²) >= 11 is 0. The first kappa shape index (κ1) is 15.5. The van der Waals surface area contributed by atoms with Crippen LogP contribution in [0.15, 0.2) is 70.0 Å². The van der Waals surface area contributed by atoms with Crippen LogP contribution in [0.2, 0.25) is 0 Å². The number of nitrogens with zero attached hydrogens (tertiary/aromatic N) is 4. The monoisotopic (exact) mass is 330 g/mol. The molecule has 0 saturated carbocycles. The molecular formula is C20H20N5+. The van der Waals surface area contributed by atoms with Crippen LogP contribution in [-0.4, -0.2) is 18.0 Å². The summed E-state index contributed by atoms with van der Waals surface area (Å²) in [5.41, 5.74) is 5.64. The molecule has 5 nitrogen and oxygen atoms in total. The number of anilines is 1. The van der Waals surface area contributed by atoms with Gasteiger partial charge in [0.25, 0.3) is 11.8 Å². The molecule has 2 heterocycles. The van der Waals surface area contributed by atoms with Gasteiger partial charge in [-0.2, -0.15) is 4.99 Å². The van der Waals surface area contributed by atoms with Gasteiger partial charge in [0, 0.05) is 17.8 Å². The molecule has 0 bridgehead atoms. The zero-order chi connectivity index (χ0) is 17.4. The number of aryl methyl sites for hydroxylation is 3. The van der Waals surface area contributed by atoms with Crippen LogP contribution in [0.5, 0.6) is 0 Å². The molecule has 1 atom stereocenters. The highest BCUT2D eigenvalue weighted by Crippen LogP contribution is 2.31. The molecule has 0 radical (unpaired) electrons. The minimum Gasteiger partial charge on any atom is -0.320 e. The predicted molar refractivity (Wildman–Crippen MR) is 105 cm³/mol. The minimum absolute atomic E-state index is 0.205. The molecule has 2 aromatic rings. The van der Waals surface area contributed by atoms with Crippen molar-refractivity contribution in [3.8, 4) is 0 Å². The summed E-state index contributed by atoms with van der Waals surface area (Å²) in [5, 5.41) is 8.19. The van der Waals surface area contributed by atoms with Crippen LogP contribution < -0.4 is 9.91 Å². The second kappa shape index (κ2) is 5.79. The predicted octanol–water partition coefficient (Wildman–Crippen LogP) is 4.27. The van der Waals surface area contributed by atoms with Gasteiger partial charge < -0.3 is 5.32 Å². The van der Waals surface area contributed by atoms with E-state index in [0.717, 1.165) is 17.2 Å². The van der Waals surface area contributed by atoms with Crippen LogP contribution in [0.4, 0.5) is 11.4 Å². The van der Waals surface area contributed by atoms with Gasteiger partial charge in [0.1, 0.15) is 6.21 Å². The summed E-state index contributed by atoms with van der Waals surface area (Å²) in [5.74, 6) is 1.36. The van der Waals surface area contributed by atoms with Gasteiger partial charge in [-0.3, -0.25) is 4.99 Å². The Kier molecular flexibility index (Phi) is 3.58. The topological polar surface area (TPSA) is 49.1 Å². The Labute approximate surface area is 147 Å². The summed E-state index contributed by atoms with van der Waals surface area (Å²) in [7, 11) is 0. The fourth-order valence-electron chi connectivity index (χ4n) is 3.16. The second-order valence-electron chi connectivity index (χ2n) is 6.49. The third-order valence-electron chi connectivity index (χ3n) is 4.29. The second-order valence-corrected chi connectivity index (χ2v) is 6.49. The summed E-state index contributed by atoms with van der Waals surface area (Å²) in [6.07, 6.45) is 5.47. The lowest BCUT2D eigenvalue weighted by atomic mass is 10.1. The maximum Gasteiger partial charge on any atom is 0.287 e. The molecule has 0 spiro atoms. The number of hydrogen-bond acceptors (Lipinski definition) is 4. The Morgan fingerprint density at radius 3 is 2.32 bits per heavy atom. The fourth-order valence-corrected chi connectivity index (χ4v) is 3.16. The molecule has 2 aliphatic rings. The number of nitrogens with one attached hydrogen (secondary N) is 1. The Bertz CT molecular complexity index is 930. The molecule has 1 N–H and O–H groups in total. The standard InChI is InChI=1S/C20H20N5/c1-14-4-6-18(7-5-14)25-9-8-21-13-19(25)23-20(24-25)22-17-11-15(2)10-16(3)12-17/h4-13H,1-3H3,(H,22,24)/q+1. The largest absolute Gasteiger partial charge is 0.320 e. The Morgan fingerprint density at radius 1 is 0.880 bits per heavy atom. The van der Waals surface area contributed by atoms with Gasteiger partial charge in [0.2, 0.25) is 0 Å². The number of rotatable bonds is 2. The molecule has 0 saturated heterocycles.